The number of aromatic nitrogens is 3. The third-order valence-corrected chi connectivity index (χ3v) is 6.25. The SMILES string of the molecule is Cl.O=C(O)CCC1CCC(n2cnn(-c3ccc4c(c3)CCNCC4)c2=O)CC1. The van der Waals surface area contributed by atoms with Crippen LogP contribution in [0.5, 0.6) is 0 Å². The van der Waals surface area contributed by atoms with Crippen molar-refractivity contribution in [2.45, 2.75) is 57.4 Å². The van der Waals surface area contributed by atoms with E-state index in [0.29, 0.717) is 5.92 Å². The molecule has 0 bridgehead atoms. The van der Waals surface area contributed by atoms with E-state index in [1.54, 1.807) is 10.9 Å². The van der Waals surface area contributed by atoms with E-state index in [1.807, 2.05) is 6.07 Å². The summed E-state index contributed by atoms with van der Waals surface area (Å²) >= 11 is 0. The van der Waals surface area contributed by atoms with E-state index in [-0.39, 0.29) is 30.6 Å². The van der Waals surface area contributed by atoms with Gasteiger partial charge in [0.05, 0.1) is 5.69 Å². The number of benzene rings is 1. The zero-order valence-corrected chi connectivity index (χ0v) is 17.4. The lowest BCUT2D eigenvalue weighted by Gasteiger charge is -2.28. The van der Waals surface area contributed by atoms with Crippen LogP contribution in [0.4, 0.5) is 0 Å². The number of halogens is 1. The van der Waals surface area contributed by atoms with Crippen molar-refractivity contribution in [1.82, 2.24) is 19.7 Å². The highest BCUT2D eigenvalue weighted by Crippen LogP contribution is 2.33. The first-order valence-electron chi connectivity index (χ1n) is 10.3. The highest BCUT2D eigenvalue weighted by atomic mass is 35.5. The largest absolute Gasteiger partial charge is 0.481 e. The van der Waals surface area contributed by atoms with Gasteiger partial charge in [-0.3, -0.25) is 9.36 Å². The summed E-state index contributed by atoms with van der Waals surface area (Å²) in [6.07, 6.45) is 8.39. The number of fused-ring (bicyclic) bond motifs is 1. The molecule has 29 heavy (non-hydrogen) atoms. The van der Waals surface area contributed by atoms with Gasteiger partial charge in [-0.25, -0.2) is 4.79 Å². The number of hydrogen-bond acceptors (Lipinski definition) is 4. The fourth-order valence-electron chi connectivity index (χ4n) is 4.57. The predicted octanol–water partition coefficient (Wildman–Crippen LogP) is 2.74. The predicted molar refractivity (Wildman–Crippen MR) is 113 cm³/mol. The Bertz CT molecular complexity index is 900. The minimum atomic E-state index is -0.726. The molecule has 1 fully saturated rings. The van der Waals surface area contributed by atoms with E-state index < -0.39 is 5.97 Å². The highest BCUT2D eigenvalue weighted by Gasteiger charge is 2.25. The molecular formula is C21H29ClN4O3. The molecular weight excluding hydrogens is 392 g/mol. The molecule has 8 heteroatoms. The third kappa shape index (κ3) is 4.90. The van der Waals surface area contributed by atoms with Crippen LogP contribution in [-0.2, 0) is 17.6 Å². The Balaban J connectivity index is 0.00000240. The molecule has 2 aliphatic rings. The summed E-state index contributed by atoms with van der Waals surface area (Å²) in [6.45, 7) is 1.96. The Morgan fingerprint density at radius 2 is 1.86 bits per heavy atom. The van der Waals surface area contributed by atoms with E-state index in [0.717, 1.165) is 63.7 Å². The van der Waals surface area contributed by atoms with Crippen LogP contribution in [0, 0.1) is 5.92 Å². The summed E-state index contributed by atoms with van der Waals surface area (Å²) in [4.78, 5) is 23.7. The van der Waals surface area contributed by atoms with Gasteiger partial charge in [0.25, 0.3) is 0 Å². The molecule has 0 unspecified atom stereocenters. The molecule has 4 rings (SSSR count). The lowest BCUT2D eigenvalue weighted by Crippen LogP contribution is -2.29. The van der Waals surface area contributed by atoms with Gasteiger partial charge in [-0.2, -0.15) is 9.78 Å². The quantitative estimate of drug-likeness (QED) is 0.776. The van der Waals surface area contributed by atoms with Crippen LogP contribution < -0.4 is 11.0 Å². The van der Waals surface area contributed by atoms with Crippen LogP contribution in [0.1, 0.15) is 55.7 Å². The minimum Gasteiger partial charge on any atom is -0.481 e. The first-order chi connectivity index (χ1) is 13.6. The van der Waals surface area contributed by atoms with Crippen molar-refractivity contribution >= 4 is 18.4 Å². The molecule has 1 saturated carbocycles. The Kier molecular flexibility index (Phi) is 7.14. The second-order valence-electron chi connectivity index (χ2n) is 8.04. The van der Waals surface area contributed by atoms with Crippen LogP contribution in [0.2, 0.25) is 0 Å². The van der Waals surface area contributed by atoms with E-state index in [4.69, 9.17) is 5.11 Å². The smallest absolute Gasteiger partial charge is 0.350 e. The van der Waals surface area contributed by atoms with Gasteiger partial charge < -0.3 is 10.4 Å². The van der Waals surface area contributed by atoms with Crippen molar-refractivity contribution in [2.24, 2.45) is 5.92 Å². The van der Waals surface area contributed by atoms with Gasteiger partial charge in [0, 0.05) is 12.5 Å². The van der Waals surface area contributed by atoms with Crippen molar-refractivity contribution < 1.29 is 9.90 Å². The molecule has 2 heterocycles. The van der Waals surface area contributed by atoms with Gasteiger partial charge in [-0.15, -0.1) is 12.4 Å². The Morgan fingerprint density at radius 1 is 1.14 bits per heavy atom. The van der Waals surface area contributed by atoms with Crippen molar-refractivity contribution in [2.75, 3.05) is 13.1 Å². The van der Waals surface area contributed by atoms with Crippen LogP contribution in [-0.4, -0.2) is 38.5 Å². The lowest BCUT2D eigenvalue weighted by atomic mass is 9.83. The van der Waals surface area contributed by atoms with Gasteiger partial charge in [0.1, 0.15) is 6.33 Å². The summed E-state index contributed by atoms with van der Waals surface area (Å²) in [5, 5.41) is 16.6. The van der Waals surface area contributed by atoms with E-state index >= 15 is 0 Å². The summed E-state index contributed by atoms with van der Waals surface area (Å²) in [6, 6.07) is 6.37. The molecule has 158 valence electrons. The van der Waals surface area contributed by atoms with E-state index in [2.05, 4.69) is 22.5 Å². The summed E-state index contributed by atoms with van der Waals surface area (Å²) in [5.41, 5.74) is 3.39. The van der Waals surface area contributed by atoms with Crippen LogP contribution >= 0.6 is 12.4 Å². The molecule has 2 aromatic rings. The zero-order valence-electron chi connectivity index (χ0n) is 16.5. The van der Waals surface area contributed by atoms with Gasteiger partial charge >= 0.3 is 11.7 Å². The summed E-state index contributed by atoms with van der Waals surface area (Å²) < 4.78 is 3.27. The van der Waals surface area contributed by atoms with Gasteiger partial charge in [0.2, 0.25) is 0 Å². The molecule has 1 aliphatic carbocycles. The first kappa shape index (κ1) is 21.6. The van der Waals surface area contributed by atoms with Gasteiger partial charge in [-0.05, 0) is 87.2 Å². The normalized spacial score (nSPS) is 21.7. The fourth-order valence-corrected chi connectivity index (χ4v) is 4.57. The van der Waals surface area contributed by atoms with Crippen molar-refractivity contribution in [3.8, 4) is 5.69 Å². The van der Waals surface area contributed by atoms with E-state index in [9.17, 15) is 9.59 Å². The maximum Gasteiger partial charge on any atom is 0.350 e. The number of rotatable bonds is 5. The standard InChI is InChI=1S/C21H28N4O3.ClH/c26-20(27)8-3-15-1-5-18(6-2-15)24-14-23-25(21(24)28)19-7-4-16-9-11-22-12-10-17(16)13-19;/h4,7,13-15,18,22H,1-3,5-6,8-12H2,(H,26,27);1H. The molecule has 0 spiro atoms. The number of nitrogens with one attached hydrogen (secondary N) is 1. The number of aliphatic carboxylic acids is 1. The van der Waals surface area contributed by atoms with Crippen LogP contribution in [0.15, 0.2) is 29.3 Å². The summed E-state index contributed by atoms with van der Waals surface area (Å²) in [7, 11) is 0. The number of nitrogens with zero attached hydrogens (tertiary/aromatic N) is 3. The van der Waals surface area contributed by atoms with Gasteiger partial charge in [-0.1, -0.05) is 6.07 Å². The lowest BCUT2D eigenvalue weighted by molar-refractivity contribution is -0.137. The zero-order chi connectivity index (χ0) is 19.5. The molecule has 7 nitrogen and oxygen atoms in total. The molecule has 1 aliphatic heterocycles. The molecule has 1 aromatic carbocycles. The fraction of sp³-hybridized carbons (Fsp3) is 0.571. The molecule has 0 atom stereocenters. The molecule has 1 aromatic heterocycles. The number of carbonyl (C=O) groups is 1. The number of carboxylic acid groups (broad SMARTS) is 1. The van der Waals surface area contributed by atoms with Crippen molar-refractivity contribution in [3.63, 3.8) is 0 Å². The second-order valence-corrected chi connectivity index (χ2v) is 8.04. The Hall–Kier alpha value is -2.12. The molecule has 0 amide bonds. The van der Waals surface area contributed by atoms with Crippen molar-refractivity contribution in [3.05, 3.63) is 46.1 Å². The minimum absolute atomic E-state index is 0. The highest BCUT2D eigenvalue weighted by molar-refractivity contribution is 5.85. The Morgan fingerprint density at radius 3 is 2.59 bits per heavy atom. The molecule has 0 radical (unpaired) electrons. The van der Waals surface area contributed by atoms with Crippen LogP contribution in [0.3, 0.4) is 0 Å². The summed E-state index contributed by atoms with van der Waals surface area (Å²) in [5.74, 6) is -0.271. The van der Waals surface area contributed by atoms with Crippen molar-refractivity contribution in [1.29, 1.82) is 0 Å². The molecule has 2 N–H and O–H groups in total. The maximum absolute atomic E-state index is 13.0. The number of hydrogen-bond donors (Lipinski definition) is 2. The third-order valence-electron chi connectivity index (χ3n) is 6.25. The Labute approximate surface area is 176 Å². The average Bonchev–Trinajstić information content (AvgIpc) is 2.93. The number of carboxylic acids is 1. The van der Waals surface area contributed by atoms with Gasteiger partial charge in [0.15, 0.2) is 0 Å². The second kappa shape index (κ2) is 9.59. The monoisotopic (exact) mass is 420 g/mol. The average molecular weight is 421 g/mol. The topological polar surface area (TPSA) is 89.2 Å². The van der Waals surface area contributed by atoms with Crippen LogP contribution in [0.25, 0.3) is 5.69 Å². The maximum atomic E-state index is 13.0. The van der Waals surface area contributed by atoms with E-state index in [1.165, 1.54) is 15.8 Å². The first-order valence-corrected chi connectivity index (χ1v) is 10.3. The molecule has 0 saturated heterocycles.